The molecule has 0 unspecified atom stereocenters. The lowest BCUT2D eigenvalue weighted by Gasteiger charge is -2.05. The normalized spacial score (nSPS) is 10.4. The van der Waals surface area contributed by atoms with Crippen molar-refractivity contribution in [2.45, 2.75) is 13.1 Å². The Kier molecular flexibility index (Phi) is 5.17. The van der Waals surface area contributed by atoms with Crippen molar-refractivity contribution in [1.29, 1.82) is 0 Å². The Morgan fingerprint density at radius 2 is 1.95 bits per heavy atom. The van der Waals surface area contributed by atoms with E-state index in [2.05, 4.69) is 10.4 Å². The highest BCUT2D eigenvalue weighted by molar-refractivity contribution is 5.85. The highest BCUT2D eigenvalue weighted by Gasteiger charge is 2.09. The molecule has 0 spiro atoms. The molecule has 0 bridgehead atoms. The first kappa shape index (κ1) is 15.3. The van der Waals surface area contributed by atoms with Crippen LogP contribution in [0.5, 0.6) is 0 Å². The Morgan fingerprint density at radius 3 is 2.58 bits per heavy atom. The molecule has 8 heteroatoms. The molecule has 0 aliphatic heterocycles. The van der Waals surface area contributed by atoms with Gasteiger partial charge in [0, 0.05) is 24.4 Å². The number of alkyl halides is 2. The summed E-state index contributed by atoms with van der Waals surface area (Å²) < 4.78 is 51.1. The molecule has 1 heterocycles. The van der Waals surface area contributed by atoms with Crippen LogP contribution in [0.4, 0.5) is 23.4 Å². The predicted molar refractivity (Wildman–Crippen MR) is 64.4 cm³/mol. The lowest BCUT2D eigenvalue weighted by Crippen LogP contribution is -2.05. The van der Waals surface area contributed by atoms with Gasteiger partial charge < -0.3 is 5.32 Å². The second-order valence-electron chi connectivity index (χ2n) is 3.53. The molecule has 2 rings (SSSR count). The van der Waals surface area contributed by atoms with Crippen LogP contribution in [0.25, 0.3) is 0 Å². The first-order valence-corrected chi connectivity index (χ1v) is 5.08. The molecule has 0 aliphatic rings. The number of halogens is 5. The zero-order valence-corrected chi connectivity index (χ0v) is 10.3. The molecule has 104 valence electrons. The standard InChI is InChI=1S/C11H9F4N3.ClH/c12-8-3-1-2-7(10(8)13)6-16-9-4-5-18(17-9)11(14)15;/h1-5,11H,6H2,(H,16,17);1H. The van der Waals surface area contributed by atoms with Gasteiger partial charge in [-0.15, -0.1) is 12.4 Å². The minimum atomic E-state index is -2.73. The van der Waals surface area contributed by atoms with Crippen molar-refractivity contribution < 1.29 is 17.6 Å². The third kappa shape index (κ3) is 3.60. The molecule has 0 fully saturated rings. The first-order chi connectivity index (χ1) is 8.58. The minimum Gasteiger partial charge on any atom is -0.364 e. The molecule has 0 atom stereocenters. The van der Waals surface area contributed by atoms with Gasteiger partial charge in [-0.1, -0.05) is 12.1 Å². The molecule has 19 heavy (non-hydrogen) atoms. The second-order valence-corrected chi connectivity index (χ2v) is 3.53. The maximum Gasteiger partial charge on any atom is 0.333 e. The van der Waals surface area contributed by atoms with E-state index in [0.717, 1.165) is 12.3 Å². The molecule has 0 saturated carbocycles. The summed E-state index contributed by atoms with van der Waals surface area (Å²) in [6, 6.07) is 5.09. The summed E-state index contributed by atoms with van der Waals surface area (Å²) >= 11 is 0. The number of nitrogens with zero attached hydrogens (tertiary/aromatic N) is 2. The number of hydrogen-bond acceptors (Lipinski definition) is 2. The zero-order valence-electron chi connectivity index (χ0n) is 9.49. The van der Waals surface area contributed by atoms with Crippen LogP contribution in [-0.4, -0.2) is 9.78 Å². The van der Waals surface area contributed by atoms with E-state index in [1.165, 1.54) is 18.2 Å². The van der Waals surface area contributed by atoms with Gasteiger partial charge in [0.1, 0.15) is 5.82 Å². The van der Waals surface area contributed by atoms with Crippen molar-refractivity contribution in [3.8, 4) is 0 Å². The lowest BCUT2D eigenvalue weighted by molar-refractivity contribution is 0.0569. The van der Waals surface area contributed by atoms with Crippen LogP contribution in [-0.2, 0) is 6.54 Å². The third-order valence-corrected chi connectivity index (χ3v) is 2.30. The molecular formula is C11H10ClF4N3. The van der Waals surface area contributed by atoms with Crippen molar-refractivity contribution in [2.75, 3.05) is 5.32 Å². The van der Waals surface area contributed by atoms with Gasteiger partial charge in [0.2, 0.25) is 0 Å². The Labute approximate surface area is 112 Å². The maximum atomic E-state index is 13.3. The number of aromatic nitrogens is 2. The summed E-state index contributed by atoms with van der Waals surface area (Å²) in [7, 11) is 0. The van der Waals surface area contributed by atoms with Gasteiger partial charge in [-0.2, -0.15) is 13.9 Å². The molecule has 0 aliphatic carbocycles. The van der Waals surface area contributed by atoms with E-state index in [0.29, 0.717) is 4.68 Å². The molecule has 2 aromatic rings. The predicted octanol–water partition coefficient (Wildman–Crippen LogP) is 3.59. The molecule has 0 saturated heterocycles. The summed E-state index contributed by atoms with van der Waals surface area (Å²) in [5, 5.41) is 6.15. The van der Waals surface area contributed by atoms with E-state index in [9.17, 15) is 17.6 Å². The van der Waals surface area contributed by atoms with Gasteiger partial charge in [-0.05, 0) is 6.07 Å². The number of nitrogens with one attached hydrogen (secondary N) is 1. The van der Waals surface area contributed by atoms with E-state index in [-0.39, 0.29) is 30.3 Å². The fourth-order valence-electron chi connectivity index (χ4n) is 1.41. The highest BCUT2D eigenvalue weighted by atomic mass is 35.5. The Morgan fingerprint density at radius 1 is 1.21 bits per heavy atom. The van der Waals surface area contributed by atoms with E-state index < -0.39 is 18.2 Å². The number of anilines is 1. The Hall–Kier alpha value is -1.76. The smallest absolute Gasteiger partial charge is 0.333 e. The third-order valence-electron chi connectivity index (χ3n) is 2.30. The van der Waals surface area contributed by atoms with E-state index in [4.69, 9.17) is 0 Å². The average molecular weight is 296 g/mol. The van der Waals surface area contributed by atoms with Gasteiger partial charge in [0.05, 0.1) is 0 Å². The molecule has 3 nitrogen and oxygen atoms in total. The SMILES string of the molecule is Cl.Fc1cccc(CNc2ccn(C(F)F)n2)c1F. The fourth-order valence-corrected chi connectivity index (χ4v) is 1.41. The summed E-state index contributed by atoms with van der Waals surface area (Å²) in [5.74, 6) is -1.75. The summed E-state index contributed by atoms with van der Waals surface area (Å²) in [6.07, 6.45) is 1.09. The van der Waals surface area contributed by atoms with Crippen molar-refractivity contribution >= 4 is 18.2 Å². The zero-order chi connectivity index (χ0) is 13.1. The van der Waals surface area contributed by atoms with Gasteiger partial charge in [-0.3, -0.25) is 0 Å². The molecule has 1 N–H and O–H groups in total. The molecule has 1 aromatic heterocycles. The highest BCUT2D eigenvalue weighted by Crippen LogP contribution is 2.15. The van der Waals surface area contributed by atoms with Gasteiger partial charge in [0.15, 0.2) is 11.6 Å². The van der Waals surface area contributed by atoms with Crippen LogP contribution in [0.3, 0.4) is 0 Å². The number of benzene rings is 1. The molecule has 0 radical (unpaired) electrons. The van der Waals surface area contributed by atoms with Crippen LogP contribution in [0.15, 0.2) is 30.5 Å². The van der Waals surface area contributed by atoms with Gasteiger partial charge in [-0.25, -0.2) is 13.5 Å². The van der Waals surface area contributed by atoms with Crippen LogP contribution >= 0.6 is 12.4 Å². The maximum absolute atomic E-state index is 13.3. The van der Waals surface area contributed by atoms with E-state index >= 15 is 0 Å². The monoisotopic (exact) mass is 295 g/mol. The summed E-state index contributed by atoms with van der Waals surface area (Å²) in [5.41, 5.74) is 0.0987. The fraction of sp³-hybridized carbons (Fsp3) is 0.182. The second kappa shape index (κ2) is 6.42. The Bertz CT molecular complexity index is 544. The van der Waals surface area contributed by atoms with Crippen LogP contribution < -0.4 is 5.32 Å². The van der Waals surface area contributed by atoms with Crippen LogP contribution in [0.1, 0.15) is 12.1 Å². The van der Waals surface area contributed by atoms with Crippen molar-refractivity contribution in [3.63, 3.8) is 0 Å². The van der Waals surface area contributed by atoms with Crippen molar-refractivity contribution in [3.05, 3.63) is 47.7 Å². The summed E-state index contributed by atoms with van der Waals surface area (Å²) in [4.78, 5) is 0. The van der Waals surface area contributed by atoms with Gasteiger partial charge in [0.25, 0.3) is 0 Å². The minimum absolute atomic E-state index is 0. The average Bonchev–Trinajstić information content (AvgIpc) is 2.80. The topological polar surface area (TPSA) is 29.9 Å². The molecule has 1 aromatic carbocycles. The van der Waals surface area contributed by atoms with E-state index in [1.807, 2.05) is 0 Å². The molecule has 0 amide bonds. The van der Waals surface area contributed by atoms with E-state index in [1.54, 1.807) is 0 Å². The number of rotatable bonds is 4. The van der Waals surface area contributed by atoms with Crippen molar-refractivity contribution in [2.24, 2.45) is 0 Å². The largest absolute Gasteiger partial charge is 0.364 e. The lowest BCUT2D eigenvalue weighted by atomic mass is 10.2. The summed E-state index contributed by atoms with van der Waals surface area (Å²) in [6.45, 7) is -2.77. The van der Waals surface area contributed by atoms with Crippen LogP contribution in [0.2, 0.25) is 0 Å². The van der Waals surface area contributed by atoms with Crippen LogP contribution in [0, 0.1) is 11.6 Å². The number of hydrogen-bond donors (Lipinski definition) is 1. The van der Waals surface area contributed by atoms with Crippen molar-refractivity contribution in [1.82, 2.24) is 9.78 Å². The first-order valence-electron chi connectivity index (χ1n) is 5.08. The quantitative estimate of drug-likeness (QED) is 0.874. The Balaban J connectivity index is 0.00000180. The molecular weight excluding hydrogens is 286 g/mol. The van der Waals surface area contributed by atoms with Gasteiger partial charge >= 0.3 is 6.55 Å².